The van der Waals surface area contributed by atoms with Gasteiger partial charge in [-0.25, -0.2) is 13.1 Å². The third kappa shape index (κ3) is 5.97. The number of carbonyl (C=O) groups excluding carboxylic acids is 2. The summed E-state index contributed by atoms with van der Waals surface area (Å²) in [6.07, 6.45) is 5.30. The number of furan rings is 1. The van der Waals surface area contributed by atoms with Gasteiger partial charge in [0.2, 0.25) is 11.0 Å². The number of terminal acetylenes is 1. The normalized spacial score (nSPS) is 11.5. The van der Waals surface area contributed by atoms with Crippen LogP contribution < -0.4 is 15.4 Å². The molecule has 0 saturated carbocycles. The van der Waals surface area contributed by atoms with Crippen LogP contribution in [-0.4, -0.2) is 32.3 Å². The molecule has 28 heavy (non-hydrogen) atoms. The molecule has 0 bridgehead atoms. The molecular formula is C19H21N3O5S. The van der Waals surface area contributed by atoms with E-state index in [2.05, 4.69) is 21.3 Å². The highest BCUT2D eigenvalue weighted by molar-refractivity contribution is 7.89. The first-order chi connectivity index (χ1) is 13.0. The number of benzene rings is 1. The average molecular weight is 403 g/mol. The minimum atomic E-state index is -3.90. The van der Waals surface area contributed by atoms with Gasteiger partial charge in [-0.3, -0.25) is 9.59 Å². The molecular weight excluding hydrogens is 382 g/mol. The third-order valence-corrected chi connectivity index (χ3v) is 4.86. The molecule has 0 saturated heterocycles. The molecule has 148 valence electrons. The van der Waals surface area contributed by atoms with Gasteiger partial charge in [0, 0.05) is 16.8 Å². The van der Waals surface area contributed by atoms with E-state index in [-0.39, 0.29) is 17.4 Å². The Morgan fingerprint density at radius 1 is 1.18 bits per heavy atom. The van der Waals surface area contributed by atoms with Gasteiger partial charge in [0.05, 0.1) is 6.54 Å². The molecule has 0 fully saturated rings. The molecule has 0 aliphatic carbocycles. The second-order valence-corrected chi connectivity index (χ2v) is 8.54. The van der Waals surface area contributed by atoms with Crippen LogP contribution in [0.5, 0.6) is 0 Å². The molecule has 0 aliphatic heterocycles. The molecule has 2 amide bonds. The molecule has 9 heteroatoms. The largest absolute Gasteiger partial charge is 0.438 e. The zero-order valence-electron chi connectivity index (χ0n) is 15.7. The molecule has 0 atom stereocenters. The first kappa shape index (κ1) is 21.2. The SMILES string of the molecule is C#Cc1cccc(NC(=O)CNC(=O)c2ccc(S(=O)(=O)NC(C)(C)C)o2)c1. The third-order valence-electron chi connectivity index (χ3n) is 3.23. The first-order valence-electron chi connectivity index (χ1n) is 8.29. The molecule has 2 rings (SSSR count). The lowest BCUT2D eigenvalue weighted by molar-refractivity contribution is -0.115. The Kier molecular flexibility index (Phi) is 6.28. The molecule has 0 spiro atoms. The number of sulfonamides is 1. The van der Waals surface area contributed by atoms with Gasteiger partial charge in [-0.05, 0) is 51.1 Å². The lowest BCUT2D eigenvalue weighted by Crippen LogP contribution is -2.40. The summed E-state index contributed by atoms with van der Waals surface area (Å²) < 4.78 is 31.9. The molecule has 8 nitrogen and oxygen atoms in total. The van der Waals surface area contributed by atoms with Crippen molar-refractivity contribution < 1.29 is 22.4 Å². The Morgan fingerprint density at radius 3 is 2.54 bits per heavy atom. The number of amides is 2. The Morgan fingerprint density at radius 2 is 1.89 bits per heavy atom. The predicted molar refractivity (Wildman–Crippen MR) is 104 cm³/mol. The molecule has 1 aromatic carbocycles. The van der Waals surface area contributed by atoms with Crippen LogP contribution in [0.4, 0.5) is 5.69 Å². The summed E-state index contributed by atoms with van der Waals surface area (Å²) >= 11 is 0. The minimum Gasteiger partial charge on any atom is -0.438 e. The first-order valence-corrected chi connectivity index (χ1v) is 9.77. The minimum absolute atomic E-state index is 0.226. The number of anilines is 1. The van der Waals surface area contributed by atoms with Gasteiger partial charge in [-0.2, -0.15) is 0 Å². The maximum Gasteiger partial charge on any atom is 0.287 e. The molecule has 1 heterocycles. The van der Waals surface area contributed by atoms with E-state index in [0.717, 1.165) is 0 Å². The summed E-state index contributed by atoms with van der Waals surface area (Å²) in [6.45, 7) is 4.71. The molecule has 0 unspecified atom stereocenters. The summed E-state index contributed by atoms with van der Waals surface area (Å²) in [7, 11) is -3.90. The van der Waals surface area contributed by atoms with Crippen LogP contribution >= 0.6 is 0 Å². The van der Waals surface area contributed by atoms with Gasteiger partial charge in [0.25, 0.3) is 15.9 Å². The van der Waals surface area contributed by atoms with E-state index < -0.39 is 27.4 Å². The van der Waals surface area contributed by atoms with Crippen LogP contribution in [0.1, 0.15) is 36.9 Å². The lowest BCUT2D eigenvalue weighted by Gasteiger charge is -2.18. The second-order valence-electron chi connectivity index (χ2n) is 6.93. The summed E-state index contributed by atoms with van der Waals surface area (Å²) in [5.41, 5.74) is 0.396. The summed E-state index contributed by atoms with van der Waals surface area (Å²) in [6, 6.07) is 9.08. The van der Waals surface area contributed by atoms with E-state index in [1.807, 2.05) is 0 Å². The fraction of sp³-hybridized carbons (Fsp3) is 0.263. The van der Waals surface area contributed by atoms with Crippen molar-refractivity contribution in [2.45, 2.75) is 31.4 Å². The van der Waals surface area contributed by atoms with E-state index in [0.29, 0.717) is 11.3 Å². The predicted octanol–water partition coefficient (Wildman–Crippen LogP) is 1.71. The van der Waals surface area contributed by atoms with Gasteiger partial charge in [-0.1, -0.05) is 12.0 Å². The van der Waals surface area contributed by atoms with Crippen LogP contribution in [0.2, 0.25) is 0 Å². The van der Waals surface area contributed by atoms with Crippen molar-refractivity contribution in [2.24, 2.45) is 0 Å². The number of rotatable bonds is 6. The Labute approximate surface area is 163 Å². The molecule has 0 radical (unpaired) electrons. The van der Waals surface area contributed by atoms with Gasteiger partial charge >= 0.3 is 0 Å². The number of nitrogens with one attached hydrogen (secondary N) is 3. The van der Waals surface area contributed by atoms with Crippen molar-refractivity contribution >= 4 is 27.5 Å². The zero-order valence-corrected chi connectivity index (χ0v) is 16.5. The van der Waals surface area contributed by atoms with Crippen LogP contribution in [-0.2, 0) is 14.8 Å². The van der Waals surface area contributed by atoms with Crippen LogP contribution in [0, 0.1) is 12.3 Å². The fourth-order valence-electron chi connectivity index (χ4n) is 2.18. The highest BCUT2D eigenvalue weighted by Gasteiger charge is 2.26. The van der Waals surface area contributed by atoms with Crippen molar-refractivity contribution in [3.05, 3.63) is 47.7 Å². The lowest BCUT2D eigenvalue weighted by atomic mass is 10.1. The van der Waals surface area contributed by atoms with E-state index >= 15 is 0 Å². The molecule has 2 aromatic rings. The van der Waals surface area contributed by atoms with Crippen LogP contribution in [0.3, 0.4) is 0 Å². The standard InChI is InChI=1S/C19H21N3O5S/c1-5-13-7-6-8-14(11-13)21-16(23)12-20-18(24)15-9-10-17(27-15)28(25,26)22-19(2,3)4/h1,6-11,22H,12H2,2-4H3,(H,20,24)(H,21,23). The highest BCUT2D eigenvalue weighted by Crippen LogP contribution is 2.16. The van der Waals surface area contributed by atoms with Crippen molar-refractivity contribution in [1.82, 2.24) is 10.0 Å². The molecule has 1 aromatic heterocycles. The van der Waals surface area contributed by atoms with Crippen molar-refractivity contribution in [3.63, 3.8) is 0 Å². The van der Waals surface area contributed by atoms with Gasteiger partial charge in [0.1, 0.15) is 0 Å². The number of hydrogen-bond donors (Lipinski definition) is 3. The maximum atomic E-state index is 12.2. The Hall–Kier alpha value is -3.09. The maximum absolute atomic E-state index is 12.2. The topological polar surface area (TPSA) is 118 Å². The monoisotopic (exact) mass is 403 g/mol. The van der Waals surface area contributed by atoms with Crippen molar-refractivity contribution in [2.75, 3.05) is 11.9 Å². The summed E-state index contributed by atoms with van der Waals surface area (Å²) in [5.74, 6) is 1.03. The average Bonchev–Trinajstić information content (AvgIpc) is 3.09. The second kappa shape index (κ2) is 8.29. The quantitative estimate of drug-likeness (QED) is 0.635. The smallest absolute Gasteiger partial charge is 0.287 e. The van der Waals surface area contributed by atoms with Crippen LogP contribution in [0.25, 0.3) is 0 Å². The van der Waals surface area contributed by atoms with Gasteiger partial charge in [0.15, 0.2) is 5.76 Å². The summed E-state index contributed by atoms with van der Waals surface area (Å²) in [5, 5.41) is 4.57. The molecule has 3 N–H and O–H groups in total. The van der Waals surface area contributed by atoms with E-state index in [1.54, 1.807) is 45.0 Å². The molecule has 0 aliphatic rings. The van der Waals surface area contributed by atoms with E-state index in [4.69, 9.17) is 10.8 Å². The fourth-order valence-corrected chi connectivity index (χ4v) is 3.53. The zero-order chi connectivity index (χ0) is 20.9. The van der Waals surface area contributed by atoms with Crippen molar-refractivity contribution in [1.29, 1.82) is 0 Å². The Balaban J connectivity index is 1.96. The Bertz CT molecular complexity index is 1030. The van der Waals surface area contributed by atoms with Crippen molar-refractivity contribution in [3.8, 4) is 12.3 Å². The van der Waals surface area contributed by atoms with E-state index in [9.17, 15) is 18.0 Å². The van der Waals surface area contributed by atoms with Gasteiger partial charge in [-0.15, -0.1) is 6.42 Å². The number of hydrogen-bond acceptors (Lipinski definition) is 5. The highest BCUT2D eigenvalue weighted by atomic mass is 32.2. The van der Waals surface area contributed by atoms with Gasteiger partial charge < -0.3 is 15.1 Å². The number of carbonyl (C=O) groups is 2. The summed E-state index contributed by atoms with van der Waals surface area (Å²) in [4.78, 5) is 24.1. The van der Waals surface area contributed by atoms with E-state index in [1.165, 1.54) is 12.1 Å². The van der Waals surface area contributed by atoms with Crippen LogP contribution in [0.15, 0.2) is 45.9 Å².